The molecule has 21 heavy (non-hydrogen) atoms. The number of hydrogen-bond acceptors (Lipinski definition) is 3. The molecule has 0 aliphatic rings. The van der Waals surface area contributed by atoms with E-state index in [-0.39, 0.29) is 12.5 Å². The third-order valence-electron chi connectivity index (χ3n) is 2.72. The van der Waals surface area contributed by atoms with Gasteiger partial charge in [-0.05, 0) is 18.6 Å². The van der Waals surface area contributed by atoms with Gasteiger partial charge in [-0.1, -0.05) is 23.2 Å². The van der Waals surface area contributed by atoms with Gasteiger partial charge in [-0.2, -0.15) is 0 Å². The lowest BCUT2D eigenvalue weighted by Gasteiger charge is -2.08. The van der Waals surface area contributed by atoms with Gasteiger partial charge in [0.15, 0.2) is 6.61 Å². The second-order valence-corrected chi connectivity index (χ2v) is 5.20. The van der Waals surface area contributed by atoms with Gasteiger partial charge in [0.1, 0.15) is 11.6 Å². The van der Waals surface area contributed by atoms with E-state index in [1.165, 1.54) is 0 Å². The molecule has 0 aliphatic heterocycles. The van der Waals surface area contributed by atoms with Crippen molar-refractivity contribution in [2.45, 2.75) is 12.8 Å². The van der Waals surface area contributed by atoms with E-state index >= 15 is 0 Å². The Morgan fingerprint density at radius 2 is 2.24 bits per heavy atom. The molecule has 0 saturated heterocycles. The molecule has 0 unspecified atom stereocenters. The highest BCUT2D eigenvalue weighted by Gasteiger charge is 2.06. The first-order valence-corrected chi connectivity index (χ1v) is 7.23. The minimum Gasteiger partial charge on any atom is -0.482 e. The summed E-state index contributed by atoms with van der Waals surface area (Å²) in [5.41, 5.74) is 0. The maximum atomic E-state index is 11.6. The number of nitrogens with zero attached hydrogens (tertiary/aromatic N) is 1. The molecular weight excluding hydrogens is 313 g/mol. The van der Waals surface area contributed by atoms with E-state index in [4.69, 9.17) is 27.9 Å². The molecule has 7 heteroatoms. The van der Waals surface area contributed by atoms with Crippen LogP contribution in [0.3, 0.4) is 0 Å². The van der Waals surface area contributed by atoms with Gasteiger partial charge in [0.2, 0.25) is 0 Å². The van der Waals surface area contributed by atoms with E-state index in [9.17, 15) is 4.79 Å². The maximum Gasteiger partial charge on any atom is 0.257 e. The summed E-state index contributed by atoms with van der Waals surface area (Å²) >= 11 is 11.8. The number of aromatic nitrogens is 2. The number of carbonyl (C=O) groups excluding carboxylic acids is 1. The van der Waals surface area contributed by atoms with Crippen molar-refractivity contribution in [1.29, 1.82) is 0 Å². The topological polar surface area (TPSA) is 67.0 Å². The number of aryl methyl sites for hydroxylation is 1. The Bertz CT molecular complexity index is 588. The van der Waals surface area contributed by atoms with Crippen molar-refractivity contribution in [2.24, 2.45) is 0 Å². The standard InChI is InChI=1S/C14H15Cl2N3O2/c15-10-3-4-11(16)12(8-10)21-9-14(20)19-5-1-2-13-17-6-7-18-13/h3-4,6-8H,1-2,5,9H2,(H,17,18)(H,19,20). The zero-order chi connectivity index (χ0) is 15.1. The van der Waals surface area contributed by atoms with Crippen molar-refractivity contribution in [3.63, 3.8) is 0 Å². The molecule has 0 aliphatic carbocycles. The lowest BCUT2D eigenvalue weighted by atomic mass is 10.3. The molecule has 0 atom stereocenters. The van der Waals surface area contributed by atoms with E-state index in [2.05, 4.69) is 15.3 Å². The summed E-state index contributed by atoms with van der Waals surface area (Å²) in [7, 11) is 0. The Kier molecular flexibility index (Phi) is 5.90. The van der Waals surface area contributed by atoms with Gasteiger partial charge < -0.3 is 15.0 Å². The SMILES string of the molecule is O=C(COc1cc(Cl)ccc1Cl)NCCCc1ncc[nH]1. The average Bonchev–Trinajstić information content (AvgIpc) is 2.98. The monoisotopic (exact) mass is 327 g/mol. The average molecular weight is 328 g/mol. The largest absolute Gasteiger partial charge is 0.482 e. The predicted octanol–water partition coefficient (Wildman–Crippen LogP) is 2.84. The van der Waals surface area contributed by atoms with E-state index in [0.717, 1.165) is 18.7 Å². The molecule has 2 N–H and O–H groups in total. The van der Waals surface area contributed by atoms with Crippen LogP contribution in [0, 0.1) is 0 Å². The normalized spacial score (nSPS) is 10.4. The van der Waals surface area contributed by atoms with Crippen LogP contribution in [-0.2, 0) is 11.2 Å². The van der Waals surface area contributed by atoms with Crippen LogP contribution < -0.4 is 10.1 Å². The van der Waals surface area contributed by atoms with Crippen LogP contribution in [-0.4, -0.2) is 29.0 Å². The molecule has 5 nitrogen and oxygen atoms in total. The summed E-state index contributed by atoms with van der Waals surface area (Å²) in [5, 5.41) is 3.70. The molecule has 0 spiro atoms. The molecule has 2 rings (SSSR count). The van der Waals surface area contributed by atoms with Crippen molar-refractivity contribution < 1.29 is 9.53 Å². The molecule has 1 aromatic heterocycles. The second-order valence-electron chi connectivity index (χ2n) is 4.35. The van der Waals surface area contributed by atoms with E-state index < -0.39 is 0 Å². The highest BCUT2D eigenvalue weighted by atomic mass is 35.5. The van der Waals surface area contributed by atoms with Gasteiger partial charge in [0.05, 0.1) is 5.02 Å². The fourth-order valence-corrected chi connectivity index (χ4v) is 2.03. The number of imidazole rings is 1. The Morgan fingerprint density at radius 1 is 1.38 bits per heavy atom. The zero-order valence-electron chi connectivity index (χ0n) is 11.2. The minimum absolute atomic E-state index is 0.0964. The van der Waals surface area contributed by atoms with Crippen molar-refractivity contribution >= 4 is 29.1 Å². The van der Waals surface area contributed by atoms with Crippen molar-refractivity contribution in [3.05, 3.63) is 46.5 Å². The molecule has 0 radical (unpaired) electrons. The number of amides is 1. The molecule has 112 valence electrons. The smallest absolute Gasteiger partial charge is 0.257 e. The third kappa shape index (κ3) is 5.28. The molecule has 0 fully saturated rings. The highest BCUT2D eigenvalue weighted by Crippen LogP contribution is 2.27. The lowest BCUT2D eigenvalue weighted by Crippen LogP contribution is -2.30. The Balaban J connectivity index is 1.66. The van der Waals surface area contributed by atoms with Crippen LogP contribution in [0.25, 0.3) is 0 Å². The number of H-pyrrole nitrogens is 1. The van der Waals surface area contributed by atoms with Crippen LogP contribution in [0.4, 0.5) is 0 Å². The fraction of sp³-hybridized carbons (Fsp3) is 0.286. The van der Waals surface area contributed by atoms with Gasteiger partial charge in [-0.15, -0.1) is 0 Å². The summed E-state index contributed by atoms with van der Waals surface area (Å²) in [4.78, 5) is 18.8. The molecule has 1 heterocycles. The first-order valence-electron chi connectivity index (χ1n) is 6.48. The third-order valence-corrected chi connectivity index (χ3v) is 3.27. The summed E-state index contributed by atoms with van der Waals surface area (Å²) in [6.07, 6.45) is 5.07. The van der Waals surface area contributed by atoms with E-state index in [1.807, 2.05) is 0 Å². The summed E-state index contributed by atoms with van der Waals surface area (Å²) < 4.78 is 5.34. The Labute approximate surface area is 132 Å². The summed E-state index contributed by atoms with van der Waals surface area (Å²) in [6.45, 7) is 0.465. The molecular formula is C14H15Cl2N3O2. The Hall–Kier alpha value is -1.72. The predicted molar refractivity (Wildman–Crippen MR) is 81.9 cm³/mol. The first-order chi connectivity index (χ1) is 10.1. The number of nitrogens with one attached hydrogen (secondary N) is 2. The van der Waals surface area contributed by atoms with Gasteiger partial charge in [0.25, 0.3) is 5.91 Å². The molecule has 1 aromatic carbocycles. The van der Waals surface area contributed by atoms with Gasteiger partial charge in [-0.3, -0.25) is 4.79 Å². The quantitative estimate of drug-likeness (QED) is 0.768. The van der Waals surface area contributed by atoms with Crippen LogP contribution in [0.5, 0.6) is 5.75 Å². The number of halogens is 2. The second kappa shape index (κ2) is 7.90. The van der Waals surface area contributed by atoms with Gasteiger partial charge in [-0.25, -0.2) is 4.98 Å². The first kappa shape index (κ1) is 15.7. The summed E-state index contributed by atoms with van der Waals surface area (Å²) in [5.74, 6) is 1.10. The number of aromatic amines is 1. The molecule has 0 saturated carbocycles. The molecule has 1 amide bonds. The number of ether oxygens (including phenoxy) is 1. The van der Waals surface area contributed by atoms with E-state index in [1.54, 1.807) is 30.6 Å². The van der Waals surface area contributed by atoms with Crippen molar-refractivity contribution in [2.75, 3.05) is 13.2 Å². The molecule has 2 aromatic rings. The maximum absolute atomic E-state index is 11.6. The minimum atomic E-state index is -0.203. The van der Waals surface area contributed by atoms with Crippen LogP contribution in [0.15, 0.2) is 30.6 Å². The van der Waals surface area contributed by atoms with Gasteiger partial charge in [0, 0.05) is 36.4 Å². The Morgan fingerprint density at radius 3 is 3.00 bits per heavy atom. The zero-order valence-corrected chi connectivity index (χ0v) is 12.7. The fourth-order valence-electron chi connectivity index (χ4n) is 1.70. The van der Waals surface area contributed by atoms with Gasteiger partial charge >= 0.3 is 0 Å². The number of carbonyl (C=O) groups is 1. The van der Waals surface area contributed by atoms with Crippen molar-refractivity contribution in [3.8, 4) is 5.75 Å². The molecule has 0 bridgehead atoms. The number of rotatable bonds is 7. The van der Waals surface area contributed by atoms with E-state index in [0.29, 0.717) is 22.3 Å². The van der Waals surface area contributed by atoms with Crippen LogP contribution in [0.2, 0.25) is 10.0 Å². The summed E-state index contributed by atoms with van der Waals surface area (Å²) in [6, 6.07) is 4.86. The van der Waals surface area contributed by atoms with Crippen molar-refractivity contribution in [1.82, 2.24) is 15.3 Å². The number of benzene rings is 1. The van der Waals surface area contributed by atoms with Crippen LogP contribution >= 0.6 is 23.2 Å². The number of hydrogen-bond donors (Lipinski definition) is 2. The highest BCUT2D eigenvalue weighted by molar-refractivity contribution is 6.34. The van der Waals surface area contributed by atoms with Crippen LogP contribution in [0.1, 0.15) is 12.2 Å². The lowest BCUT2D eigenvalue weighted by molar-refractivity contribution is -0.123.